The lowest BCUT2D eigenvalue weighted by Gasteiger charge is -2.49. The minimum absolute atomic E-state index is 0.0224. The monoisotopic (exact) mass is 551 g/mol. The SMILES string of the molecule is CC[C@H]1CN(C(c2ccc(F)cc2)c2noc(C3CC3)n2)[C@H](CC)CN1c1nc(=O)n(C)c2ccc(Cl)nc12. The van der Waals surface area contributed by atoms with Gasteiger partial charge in [0.25, 0.3) is 0 Å². The Morgan fingerprint density at radius 1 is 1.03 bits per heavy atom. The standard InChI is InChI=1S/C28H31ClFN7O2/c1-4-19-15-37(26-23-21(12-13-22(29)31-23)35(3)28(38)33-26)20(5-2)14-36(19)24(16-8-10-18(30)11-9-16)25-32-27(39-34-25)17-6-7-17/h8-13,17,19-20,24H,4-7,14-15H2,1-3H3/t19-,20+,24?/m1/s1. The van der Waals surface area contributed by atoms with Crippen molar-refractivity contribution in [2.75, 3.05) is 18.0 Å². The summed E-state index contributed by atoms with van der Waals surface area (Å²) in [4.78, 5) is 31.3. The average Bonchev–Trinajstić information content (AvgIpc) is 3.69. The summed E-state index contributed by atoms with van der Waals surface area (Å²) in [5.74, 6) is 1.86. The Morgan fingerprint density at radius 2 is 1.77 bits per heavy atom. The number of anilines is 1. The van der Waals surface area contributed by atoms with Gasteiger partial charge in [0.2, 0.25) is 5.89 Å². The van der Waals surface area contributed by atoms with E-state index in [1.165, 1.54) is 16.7 Å². The van der Waals surface area contributed by atoms with Crippen molar-refractivity contribution in [3.63, 3.8) is 0 Å². The van der Waals surface area contributed by atoms with Gasteiger partial charge in [0.1, 0.15) is 16.5 Å². The molecule has 1 saturated carbocycles. The number of hydrogen-bond acceptors (Lipinski definition) is 8. The zero-order valence-electron chi connectivity index (χ0n) is 22.2. The zero-order chi connectivity index (χ0) is 27.3. The molecule has 3 atom stereocenters. The van der Waals surface area contributed by atoms with E-state index < -0.39 is 0 Å². The van der Waals surface area contributed by atoms with Crippen LogP contribution in [0.2, 0.25) is 5.15 Å². The Kier molecular flexibility index (Phi) is 6.84. The summed E-state index contributed by atoms with van der Waals surface area (Å²) in [5.41, 5.74) is 1.86. The number of aromatic nitrogens is 5. The van der Waals surface area contributed by atoms with Crippen LogP contribution in [-0.4, -0.2) is 54.7 Å². The molecule has 1 saturated heterocycles. The molecule has 4 aromatic rings. The first-order valence-electron chi connectivity index (χ1n) is 13.5. The van der Waals surface area contributed by atoms with Gasteiger partial charge in [-0.25, -0.2) is 14.2 Å². The normalized spacial score (nSPS) is 21.0. The van der Waals surface area contributed by atoms with E-state index in [9.17, 15) is 9.18 Å². The van der Waals surface area contributed by atoms with E-state index in [-0.39, 0.29) is 29.6 Å². The first kappa shape index (κ1) is 25.9. The molecule has 39 heavy (non-hydrogen) atoms. The quantitative estimate of drug-likeness (QED) is 0.301. The molecule has 0 amide bonds. The second-order valence-corrected chi connectivity index (χ2v) is 10.9. The second kappa shape index (κ2) is 10.3. The molecule has 6 rings (SSSR count). The summed E-state index contributed by atoms with van der Waals surface area (Å²) in [7, 11) is 1.69. The number of fused-ring (bicyclic) bond motifs is 1. The van der Waals surface area contributed by atoms with Crippen LogP contribution in [0.3, 0.4) is 0 Å². The maximum Gasteiger partial charge on any atom is 0.349 e. The third-order valence-corrected chi connectivity index (χ3v) is 8.21. The molecule has 0 N–H and O–H groups in total. The number of piperazine rings is 1. The zero-order valence-corrected chi connectivity index (χ0v) is 23.0. The topological polar surface area (TPSA) is 93.2 Å². The third kappa shape index (κ3) is 4.80. The van der Waals surface area contributed by atoms with Crippen molar-refractivity contribution >= 4 is 28.5 Å². The van der Waals surface area contributed by atoms with E-state index in [0.29, 0.717) is 52.7 Å². The summed E-state index contributed by atoms with van der Waals surface area (Å²) < 4.78 is 21.1. The van der Waals surface area contributed by atoms with Crippen LogP contribution in [-0.2, 0) is 7.05 Å². The number of rotatable bonds is 7. The Balaban J connectivity index is 1.42. The van der Waals surface area contributed by atoms with Crippen molar-refractivity contribution in [1.29, 1.82) is 0 Å². The predicted molar refractivity (Wildman–Crippen MR) is 147 cm³/mol. The smallest absolute Gasteiger partial charge is 0.349 e. The van der Waals surface area contributed by atoms with Gasteiger partial charge in [0.15, 0.2) is 11.6 Å². The van der Waals surface area contributed by atoms with Gasteiger partial charge < -0.3 is 9.42 Å². The van der Waals surface area contributed by atoms with Crippen LogP contribution in [0.4, 0.5) is 10.2 Å². The predicted octanol–water partition coefficient (Wildman–Crippen LogP) is 4.85. The van der Waals surface area contributed by atoms with Crippen LogP contribution >= 0.6 is 11.6 Å². The lowest BCUT2D eigenvalue weighted by molar-refractivity contribution is 0.105. The second-order valence-electron chi connectivity index (χ2n) is 10.5. The van der Waals surface area contributed by atoms with Gasteiger partial charge in [-0.3, -0.25) is 9.47 Å². The van der Waals surface area contributed by atoms with E-state index in [0.717, 1.165) is 31.2 Å². The Labute approximate surface area is 230 Å². The van der Waals surface area contributed by atoms with Crippen LogP contribution in [0.15, 0.2) is 45.7 Å². The molecule has 1 aromatic carbocycles. The Bertz CT molecular complexity index is 1550. The minimum Gasteiger partial charge on any atom is -0.349 e. The summed E-state index contributed by atoms with van der Waals surface area (Å²) >= 11 is 6.29. The molecule has 0 spiro atoms. The minimum atomic E-state index is -0.337. The van der Waals surface area contributed by atoms with Gasteiger partial charge in [-0.2, -0.15) is 9.97 Å². The molecule has 1 aliphatic heterocycles. The molecule has 2 aliphatic rings. The van der Waals surface area contributed by atoms with E-state index in [1.54, 1.807) is 25.2 Å². The van der Waals surface area contributed by atoms with Crippen LogP contribution in [0.25, 0.3) is 11.0 Å². The first-order valence-corrected chi connectivity index (χ1v) is 13.9. The molecule has 1 unspecified atom stereocenters. The number of hydrogen-bond donors (Lipinski definition) is 0. The molecule has 0 bridgehead atoms. The maximum absolute atomic E-state index is 13.9. The number of benzene rings is 1. The first-order chi connectivity index (χ1) is 18.9. The number of halogens is 2. The molecule has 4 heterocycles. The summed E-state index contributed by atoms with van der Waals surface area (Å²) in [6, 6.07) is 9.83. The highest BCUT2D eigenvalue weighted by molar-refractivity contribution is 6.29. The third-order valence-electron chi connectivity index (χ3n) is 8.00. The van der Waals surface area contributed by atoms with Crippen molar-refractivity contribution in [1.82, 2.24) is 29.6 Å². The van der Waals surface area contributed by atoms with Gasteiger partial charge in [0.05, 0.1) is 11.6 Å². The molecule has 1 aliphatic carbocycles. The van der Waals surface area contributed by atoms with Crippen LogP contribution in [0.1, 0.15) is 68.8 Å². The maximum atomic E-state index is 13.9. The lowest BCUT2D eigenvalue weighted by atomic mass is 9.95. The van der Waals surface area contributed by atoms with Gasteiger partial charge in [-0.1, -0.05) is 42.7 Å². The molecule has 204 valence electrons. The largest absolute Gasteiger partial charge is 0.349 e. The van der Waals surface area contributed by atoms with Crippen LogP contribution < -0.4 is 10.6 Å². The van der Waals surface area contributed by atoms with E-state index in [4.69, 9.17) is 21.1 Å². The van der Waals surface area contributed by atoms with Crippen molar-refractivity contribution < 1.29 is 8.91 Å². The van der Waals surface area contributed by atoms with E-state index >= 15 is 0 Å². The fourth-order valence-electron chi connectivity index (χ4n) is 5.63. The van der Waals surface area contributed by atoms with Crippen molar-refractivity contribution in [3.8, 4) is 0 Å². The van der Waals surface area contributed by atoms with Gasteiger partial charge in [-0.15, -0.1) is 0 Å². The average molecular weight is 552 g/mol. The molecular weight excluding hydrogens is 521 g/mol. The van der Waals surface area contributed by atoms with Crippen molar-refractivity contribution in [2.24, 2.45) is 7.05 Å². The molecule has 11 heteroatoms. The van der Waals surface area contributed by atoms with Gasteiger partial charge >= 0.3 is 5.69 Å². The van der Waals surface area contributed by atoms with Crippen molar-refractivity contribution in [3.05, 3.63) is 75.1 Å². The fraction of sp³-hybridized carbons (Fsp3) is 0.464. The number of pyridine rings is 1. The van der Waals surface area contributed by atoms with Crippen LogP contribution in [0, 0.1) is 5.82 Å². The van der Waals surface area contributed by atoms with E-state index in [2.05, 4.69) is 38.8 Å². The fourth-order valence-corrected chi connectivity index (χ4v) is 5.78. The van der Waals surface area contributed by atoms with Gasteiger partial charge in [-0.05, 0) is 55.5 Å². The number of aryl methyl sites for hydroxylation is 1. The molecular formula is C28H31ClFN7O2. The highest BCUT2D eigenvalue weighted by atomic mass is 35.5. The molecule has 2 fully saturated rings. The van der Waals surface area contributed by atoms with Crippen LogP contribution in [0.5, 0.6) is 0 Å². The Hall–Kier alpha value is -3.37. The highest BCUT2D eigenvalue weighted by Gasteiger charge is 2.41. The Morgan fingerprint density at radius 3 is 2.46 bits per heavy atom. The molecule has 0 radical (unpaired) electrons. The summed E-state index contributed by atoms with van der Waals surface area (Å²) in [6.07, 6.45) is 3.76. The highest BCUT2D eigenvalue weighted by Crippen LogP contribution is 2.41. The van der Waals surface area contributed by atoms with Crippen molar-refractivity contribution in [2.45, 2.75) is 63.6 Å². The van der Waals surface area contributed by atoms with E-state index in [1.807, 2.05) is 6.07 Å². The van der Waals surface area contributed by atoms with Gasteiger partial charge in [0, 0.05) is 38.1 Å². The summed E-state index contributed by atoms with van der Waals surface area (Å²) in [5, 5.41) is 4.75. The summed E-state index contributed by atoms with van der Waals surface area (Å²) in [6.45, 7) is 5.53. The molecule has 3 aromatic heterocycles. The molecule has 9 nitrogen and oxygen atoms in total. The lowest BCUT2D eigenvalue weighted by Crippen LogP contribution is -2.59. The number of nitrogens with zero attached hydrogens (tertiary/aromatic N) is 7.